The van der Waals surface area contributed by atoms with Crippen molar-refractivity contribution in [1.29, 1.82) is 0 Å². The van der Waals surface area contributed by atoms with Crippen LogP contribution in [0, 0.1) is 5.82 Å². The third kappa shape index (κ3) is 6.41. The summed E-state index contributed by atoms with van der Waals surface area (Å²) < 4.78 is 107. The van der Waals surface area contributed by atoms with E-state index in [1.165, 1.54) is 16.4 Å². The van der Waals surface area contributed by atoms with Crippen LogP contribution >= 0.6 is 0 Å². The van der Waals surface area contributed by atoms with Crippen molar-refractivity contribution in [1.82, 2.24) is 24.6 Å². The molecule has 1 fully saturated rings. The van der Waals surface area contributed by atoms with Gasteiger partial charge in [0.05, 0.1) is 28.5 Å². The van der Waals surface area contributed by atoms with Gasteiger partial charge in [0.15, 0.2) is 5.69 Å². The second kappa shape index (κ2) is 11.0. The Labute approximate surface area is 220 Å². The van der Waals surface area contributed by atoms with Crippen LogP contribution in [-0.4, -0.2) is 41.5 Å². The van der Waals surface area contributed by atoms with Crippen molar-refractivity contribution in [3.63, 3.8) is 0 Å². The molecule has 1 N–H and O–H groups in total. The molecule has 3 heterocycles. The van der Waals surface area contributed by atoms with Crippen molar-refractivity contribution in [3.05, 3.63) is 71.6 Å². The molecule has 208 valence electrons. The van der Waals surface area contributed by atoms with Crippen LogP contribution in [0.1, 0.15) is 36.6 Å². The Morgan fingerprint density at radius 3 is 2.23 bits per heavy atom. The van der Waals surface area contributed by atoms with E-state index < -0.39 is 64.5 Å². The number of aromatic nitrogens is 3. The van der Waals surface area contributed by atoms with Gasteiger partial charge in [-0.3, -0.25) is 14.8 Å². The van der Waals surface area contributed by atoms with Gasteiger partial charge in [-0.05, 0) is 55.7 Å². The first-order valence-electron chi connectivity index (χ1n) is 11.4. The molecule has 15 heteroatoms. The molecule has 3 unspecified atom stereocenters. The number of hydrogen-bond acceptors (Lipinski definition) is 5. The van der Waals surface area contributed by atoms with Gasteiger partial charge in [0.1, 0.15) is 28.5 Å². The summed E-state index contributed by atoms with van der Waals surface area (Å²) in [7, 11) is -1.83. The Bertz CT molecular complexity index is 1370. The van der Waals surface area contributed by atoms with Crippen LogP contribution in [0.15, 0.2) is 53.8 Å². The lowest BCUT2D eigenvalue weighted by Gasteiger charge is -2.26. The Hall–Kier alpha value is -3.46. The topological polar surface area (TPSA) is 88.1 Å². The molecule has 1 aromatic carbocycles. The zero-order valence-electron chi connectivity index (χ0n) is 20.1. The van der Waals surface area contributed by atoms with Gasteiger partial charge in [-0.2, -0.15) is 26.3 Å². The Balaban J connectivity index is 1.55. The number of nitrogens with zero attached hydrogens (tertiary/aromatic N) is 4. The van der Waals surface area contributed by atoms with E-state index in [1.807, 2.05) is 0 Å². The molecule has 0 spiro atoms. The summed E-state index contributed by atoms with van der Waals surface area (Å²) in [6.45, 7) is 1.15. The molecule has 3 atom stereocenters. The molecule has 0 bridgehead atoms. The van der Waals surface area contributed by atoms with E-state index in [2.05, 4.69) is 20.3 Å². The zero-order chi connectivity index (χ0) is 28.5. The maximum absolute atomic E-state index is 13.6. The summed E-state index contributed by atoms with van der Waals surface area (Å²) in [4.78, 5) is 23.8. The van der Waals surface area contributed by atoms with E-state index in [0.29, 0.717) is 18.8 Å². The number of pyridine rings is 1. The molecule has 3 aromatic rings. The van der Waals surface area contributed by atoms with E-state index in [4.69, 9.17) is 0 Å². The third-order valence-electron chi connectivity index (χ3n) is 6.06. The molecular formula is C24H20F7N5O2S. The van der Waals surface area contributed by atoms with Gasteiger partial charge in [0, 0.05) is 18.8 Å². The van der Waals surface area contributed by atoms with E-state index in [-0.39, 0.29) is 28.7 Å². The summed E-state index contributed by atoms with van der Waals surface area (Å²) in [5, 5.41) is 2.44. The van der Waals surface area contributed by atoms with Crippen LogP contribution in [0.4, 0.5) is 30.7 Å². The minimum absolute atomic E-state index is 0.179. The molecular weight excluding hydrogens is 555 g/mol. The van der Waals surface area contributed by atoms with E-state index in [1.54, 1.807) is 6.92 Å². The second-order valence-electron chi connectivity index (χ2n) is 8.73. The first-order valence-corrected chi connectivity index (χ1v) is 12.6. The monoisotopic (exact) mass is 575 g/mol. The van der Waals surface area contributed by atoms with Crippen LogP contribution in [0.2, 0.25) is 0 Å². The maximum Gasteiger partial charge on any atom is 0.434 e. The Morgan fingerprint density at radius 1 is 0.974 bits per heavy atom. The minimum Gasteiger partial charge on any atom is -0.351 e. The van der Waals surface area contributed by atoms with E-state index in [0.717, 1.165) is 24.4 Å². The van der Waals surface area contributed by atoms with Gasteiger partial charge in [-0.25, -0.2) is 17.9 Å². The number of hydrogen-bond donors (Lipinski definition) is 1. The van der Waals surface area contributed by atoms with Gasteiger partial charge >= 0.3 is 12.4 Å². The highest BCUT2D eigenvalue weighted by Gasteiger charge is 2.40. The summed E-state index contributed by atoms with van der Waals surface area (Å²) in [6, 6.07) is 4.64. The minimum atomic E-state index is -4.84. The number of rotatable bonds is 6. The molecule has 7 nitrogen and oxygen atoms in total. The highest BCUT2D eigenvalue weighted by molar-refractivity contribution is 7.82. The van der Waals surface area contributed by atoms with Crippen LogP contribution in [0.3, 0.4) is 0 Å². The average molecular weight is 576 g/mol. The van der Waals surface area contributed by atoms with Crippen LogP contribution in [0.5, 0.6) is 0 Å². The Morgan fingerprint density at radius 2 is 1.64 bits per heavy atom. The molecule has 1 saturated heterocycles. The first-order chi connectivity index (χ1) is 18.3. The van der Waals surface area contributed by atoms with Crippen molar-refractivity contribution < 1.29 is 39.7 Å². The number of nitrogens with one attached hydrogen (secondary N) is 1. The number of carbonyl (C=O) groups is 1. The molecule has 2 aromatic heterocycles. The lowest BCUT2D eigenvalue weighted by molar-refractivity contribution is -0.141. The van der Waals surface area contributed by atoms with Crippen LogP contribution < -0.4 is 5.32 Å². The van der Waals surface area contributed by atoms with Gasteiger partial charge in [0.25, 0.3) is 0 Å². The second-order valence-corrected chi connectivity index (χ2v) is 10.1. The number of halogens is 7. The summed E-state index contributed by atoms with van der Waals surface area (Å²) in [5.74, 6) is -1.20. The van der Waals surface area contributed by atoms with Gasteiger partial charge < -0.3 is 5.32 Å². The van der Waals surface area contributed by atoms with E-state index in [9.17, 15) is 39.7 Å². The van der Waals surface area contributed by atoms with Crippen molar-refractivity contribution in [3.8, 4) is 11.4 Å². The lowest BCUT2D eigenvalue weighted by atomic mass is 10.1. The van der Waals surface area contributed by atoms with Gasteiger partial charge in [0.2, 0.25) is 5.91 Å². The molecule has 0 aliphatic carbocycles. The molecule has 1 aliphatic heterocycles. The number of alkyl halides is 6. The third-order valence-corrected chi connectivity index (χ3v) is 7.73. The fraction of sp³-hybridized carbons (Fsp3) is 0.333. The predicted molar refractivity (Wildman–Crippen MR) is 124 cm³/mol. The zero-order valence-corrected chi connectivity index (χ0v) is 20.9. The smallest absolute Gasteiger partial charge is 0.351 e. The number of carbonyl (C=O) groups excluding carboxylic acids is 1. The maximum atomic E-state index is 13.6. The molecule has 0 saturated carbocycles. The highest BCUT2D eigenvalue weighted by atomic mass is 32.2. The number of benzene rings is 1. The van der Waals surface area contributed by atoms with Crippen molar-refractivity contribution in [2.45, 2.75) is 55.6 Å². The number of amides is 1. The molecule has 1 amide bonds. The van der Waals surface area contributed by atoms with Crippen molar-refractivity contribution in [2.24, 2.45) is 0 Å². The Kier molecular flexibility index (Phi) is 8.02. The summed E-state index contributed by atoms with van der Waals surface area (Å²) in [5.41, 5.74) is -3.21. The van der Waals surface area contributed by atoms with Gasteiger partial charge in [-0.1, -0.05) is 0 Å². The van der Waals surface area contributed by atoms with Crippen molar-refractivity contribution >= 4 is 16.9 Å². The van der Waals surface area contributed by atoms with Crippen LogP contribution in [-0.2, 0) is 34.7 Å². The molecule has 1 aliphatic rings. The quantitative estimate of drug-likeness (QED) is 0.423. The molecule has 0 radical (unpaired) electrons. The van der Waals surface area contributed by atoms with Crippen LogP contribution in [0.25, 0.3) is 11.4 Å². The first kappa shape index (κ1) is 28.5. The summed E-state index contributed by atoms with van der Waals surface area (Å²) >= 11 is 0. The SMILES string of the molecule is CC1CCC(C(=O)NCc2cc(-c3cnc(C(F)(F)F)cn3)ncc2C(F)(F)F)N1S(=O)c1ccc(F)cc1. The molecule has 4 rings (SSSR count). The normalized spacial score (nSPS) is 19.2. The van der Waals surface area contributed by atoms with Gasteiger partial charge in [-0.15, -0.1) is 0 Å². The van der Waals surface area contributed by atoms with Crippen molar-refractivity contribution in [2.75, 3.05) is 0 Å². The fourth-order valence-corrected chi connectivity index (χ4v) is 5.58. The van der Waals surface area contributed by atoms with E-state index >= 15 is 0 Å². The lowest BCUT2D eigenvalue weighted by Crippen LogP contribution is -2.46. The standard InChI is InChI=1S/C24H20F7N5O2S/c1-13-2-7-20(36(13)39(38)16-5-3-15(25)4-6-16)22(37)35-9-14-8-18(32-10-17(14)23(26,27)28)19-11-34-21(12-33-19)24(29,30)31/h3-6,8,10-13,20H,2,7,9H2,1H3,(H,35,37). The fourth-order valence-electron chi connectivity index (χ4n) is 4.10. The largest absolute Gasteiger partial charge is 0.434 e. The predicted octanol–water partition coefficient (Wildman–Crippen LogP) is 4.91. The highest BCUT2D eigenvalue weighted by Crippen LogP contribution is 2.34. The average Bonchev–Trinajstić information content (AvgIpc) is 3.27. The molecule has 39 heavy (non-hydrogen) atoms. The summed E-state index contributed by atoms with van der Waals surface area (Å²) in [6.07, 6.45) is -7.13.